The molecule has 0 saturated heterocycles. The van der Waals surface area contributed by atoms with Crippen LogP contribution < -0.4 is 10.6 Å². The van der Waals surface area contributed by atoms with Crippen molar-refractivity contribution in [2.75, 3.05) is 18.4 Å². The Bertz CT molecular complexity index is 1040. The number of rotatable bonds is 8. The summed E-state index contributed by atoms with van der Waals surface area (Å²) in [6, 6.07) is 18.9. The zero-order valence-corrected chi connectivity index (χ0v) is 17.2. The van der Waals surface area contributed by atoms with E-state index in [9.17, 15) is 9.18 Å². The van der Waals surface area contributed by atoms with Crippen LogP contribution in [0.25, 0.3) is 0 Å². The van der Waals surface area contributed by atoms with Crippen LogP contribution in [0.5, 0.6) is 0 Å². The Morgan fingerprint density at radius 3 is 2.84 bits per heavy atom. The molecule has 0 spiro atoms. The minimum atomic E-state index is -0.918. The van der Waals surface area contributed by atoms with E-state index in [2.05, 4.69) is 33.8 Å². The number of nitrogens with zero attached hydrogens (tertiary/aromatic N) is 1. The summed E-state index contributed by atoms with van der Waals surface area (Å²) in [5.74, 6) is -0.920. The lowest BCUT2D eigenvalue weighted by molar-refractivity contribution is -0.136. The van der Waals surface area contributed by atoms with Gasteiger partial charge in [0.1, 0.15) is 5.82 Å². The van der Waals surface area contributed by atoms with Gasteiger partial charge in [0.2, 0.25) is 0 Å². The van der Waals surface area contributed by atoms with Crippen molar-refractivity contribution in [1.82, 2.24) is 10.3 Å². The van der Waals surface area contributed by atoms with E-state index in [1.165, 1.54) is 17.7 Å². The van der Waals surface area contributed by atoms with Crippen molar-refractivity contribution in [3.8, 4) is 0 Å². The van der Waals surface area contributed by atoms with Crippen molar-refractivity contribution < 1.29 is 14.3 Å². The number of pyridine rings is 1. The zero-order valence-electron chi connectivity index (χ0n) is 17.2. The first-order chi connectivity index (χ1) is 15.1. The maximum absolute atomic E-state index is 14.3. The number of carboxylic acid groups (broad SMARTS) is 1. The van der Waals surface area contributed by atoms with Gasteiger partial charge in [-0.3, -0.25) is 9.78 Å². The van der Waals surface area contributed by atoms with Gasteiger partial charge in [-0.05, 0) is 54.3 Å². The van der Waals surface area contributed by atoms with Gasteiger partial charge in [0, 0.05) is 24.7 Å². The predicted molar refractivity (Wildman–Crippen MR) is 119 cm³/mol. The van der Waals surface area contributed by atoms with Crippen LogP contribution in [0.1, 0.15) is 28.4 Å². The molecule has 0 fully saturated rings. The van der Waals surface area contributed by atoms with E-state index in [0.717, 1.165) is 24.3 Å². The Hall–Kier alpha value is -3.25. The summed E-state index contributed by atoms with van der Waals surface area (Å²) in [5, 5.41) is 16.1. The number of hydrogen-bond acceptors (Lipinski definition) is 4. The molecule has 1 aliphatic rings. The quantitative estimate of drug-likeness (QED) is 0.515. The smallest absolute Gasteiger partial charge is 0.307 e. The zero-order chi connectivity index (χ0) is 21.6. The lowest BCUT2D eigenvalue weighted by Crippen LogP contribution is -2.37. The van der Waals surface area contributed by atoms with E-state index in [1.807, 2.05) is 30.5 Å². The molecule has 1 aromatic heterocycles. The van der Waals surface area contributed by atoms with E-state index >= 15 is 0 Å². The molecule has 1 aliphatic heterocycles. The molecule has 5 nitrogen and oxygen atoms in total. The van der Waals surface area contributed by atoms with Gasteiger partial charge in [-0.25, -0.2) is 4.39 Å². The van der Waals surface area contributed by atoms with E-state index < -0.39 is 5.97 Å². The van der Waals surface area contributed by atoms with E-state index in [-0.39, 0.29) is 18.3 Å². The third-order valence-electron chi connectivity index (χ3n) is 5.75. The summed E-state index contributed by atoms with van der Waals surface area (Å²) >= 11 is 0. The molecule has 0 bridgehead atoms. The third-order valence-corrected chi connectivity index (χ3v) is 5.75. The Morgan fingerprint density at radius 1 is 1.19 bits per heavy atom. The molecule has 4 rings (SSSR count). The number of hydrogen-bond donors (Lipinski definition) is 3. The molecule has 160 valence electrons. The van der Waals surface area contributed by atoms with Gasteiger partial charge >= 0.3 is 5.97 Å². The van der Waals surface area contributed by atoms with Gasteiger partial charge in [-0.2, -0.15) is 0 Å². The van der Waals surface area contributed by atoms with Crippen molar-refractivity contribution >= 4 is 11.7 Å². The summed E-state index contributed by atoms with van der Waals surface area (Å²) in [5.41, 5.74) is 4.49. The lowest BCUT2D eigenvalue weighted by atomic mass is 9.86. The first-order valence-electron chi connectivity index (χ1n) is 10.6. The Labute approximate surface area is 181 Å². The fraction of sp³-hybridized carbons (Fsp3) is 0.280. The molecule has 2 aromatic carbocycles. The number of carboxylic acids is 1. The average molecular weight is 420 g/mol. The van der Waals surface area contributed by atoms with Crippen LogP contribution >= 0.6 is 0 Å². The molecule has 0 unspecified atom stereocenters. The highest BCUT2D eigenvalue weighted by Crippen LogP contribution is 2.31. The fourth-order valence-electron chi connectivity index (χ4n) is 4.24. The summed E-state index contributed by atoms with van der Waals surface area (Å²) in [7, 11) is 0. The monoisotopic (exact) mass is 419 g/mol. The molecule has 3 aromatic rings. The average Bonchev–Trinajstić information content (AvgIpc) is 2.78. The van der Waals surface area contributed by atoms with E-state index in [4.69, 9.17) is 5.11 Å². The van der Waals surface area contributed by atoms with E-state index in [1.54, 1.807) is 6.07 Å². The van der Waals surface area contributed by atoms with Crippen molar-refractivity contribution in [3.63, 3.8) is 0 Å². The van der Waals surface area contributed by atoms with E-state index in [0.29, 0.717) is 30.0 Å². The summed E-state index contributed by atoms with van der Waals surface area (Å²) in [6.45, 7) is 1.41. The number of nitrogens with one attached hydrogen (secondary N) is 2. The normalized spacial score (nSPS) is 16.2. The number of fused-ring (bicyclic) bond motifs is 1. The van der Waals surface area contributed by atoms with Gasteiger partial charge in [-0.15, -0.1) is 0 Å². The topological polar surface area (TPSA) is 74.2 Å². The molecular formula is C25H26FN3O2. The highest BCUT2D eigenvalue weighted by atomic mass is 19.1. The van der Waals surface area contributed by atoms with Crippen LogP contribution in [-0.4, -0.2) is 29.1 Å². The number of aliphatic carboxylic acids is 1. The minimum Gasteiger partial charge on any atom is -0.481 e. The first kappa shape index (κ1) is 21.0. The number of anilines is 1. The number of aromatic nitrogens is 1. The second-order valence-corrected chi connectivity index (χ2v) is 7.93. The Kier molecular flexibility index (Phi) is 6.57. The second kappa shape index (κ2) is 9.71. The van der Waals surface area contributed by atoms with Gasteiger partial charge in [0.25, 0.3) is 0 Å². The van der Waals surface area contributed by atoms with Gasteiger partial charge in [0.05, 0.1) is 17.8 Å². The van der Waals surface area contributed by atoms with Gasteiger partial charge < -0.3 is 15.7 Å². The molecule has 0 radical (unpaired) electrons. The highest BCUT2D eigenvalue weighted by Gasteiger charge is 2.27. The van der Waals surface area contributed by atoms with Gasteiger partial charge in [0.15, 0.2) is 0 Å². The van der Waals surface area contributed by atoms with Crippen LogP contribution in [0.15, 0.2) is 66.9 Å². The molecular weight excluding hydrogens is 393 g/mol. The van der Waals surface area contributed by atoms with Crippen molar-refractivity contribution in [2.45, 2.75) is 25.3 Å². The van der Waals surface area contributed by atoms with Crippen LogP contribution in [0.2, 0.25) is 0 Å². The minimum absolute atomic E-state index is 0.0918. The van der Waals surface area contributed by atoms with Crippen molar-refractivity contribution in [1.29, 1.82) is 0 Å². The van der Waals surface area contributed by atoms with Gasteiger partial charge in [-0.1, -0.05) is 42.5 Å². The Balaban J connectivity index is 1.47. The standard InChI is InChI=1S/C25H26FN3O2/c26-21-9-8-17(14-24(30)31)13-19(21)10-12-28-25(18-5-2-1-3-6-18)20-15-23-22(29-16-20)7-4-11-27-23/h1-9,11,13,20,25,28-29H,10,12,14-16H2,(H,30,31)/t20-,25-/m1/s1. The maximum atomic E-state index is 14.3. The number of halogens is 1. The van der Waals surface area contributed by atoms with Crippen LogP contribution in [0, 0.1) is 11.7 Å². The second-order valence-electron chi connectivity index (χ2n) is 7.93. The first-order valence-corrected chi connectivity index (χ1v) is 10.6. The number of carbonyl (C=O) groups is 1. The summed E-state index contributed by atoms with van der Waals surface area (Å²) in [6.07, 6.45) is 3.06. The van der Waals surface area contributed by atoms with Crippen LogP contribution in [0.3, 0.4) is 0 Å². The fourth-order valence-corrected chi connectivity index (χ4v) is 4.24. The molecule has 2 heterocycles. The molecule has 31 heavy (non-hydrogen) atoms. The lowest BCUT2D eigenvalue weighted by Gasteiger charge is -2.33. The van der Waals surface area contributed by atoms with Crippen molar-refractivity contribution in [3.05, 3.63) is 95.1 Å². The predicted octanol–water partition coefficient (Wildman–Crippen LogP) is 4.01. The molecule has 0 amide bonds. The van der Waals surface area contributed by atoms with Crippen molar-refractivity contribution in [2.24, 2.45) is 5.92 Å². The highest BCUT2D eigenvalue weighted by molar-refractivity contribution is 5.70. The summed E-state index contributed by atoms with van der Waals surface area (Å²) in [4.78, 5) is 15.5. The third kappa shape index (κ3) is 5.27. The molecule has 2 atom stereocenters. The Morgan fingerprint density at radius 2 is 2.03 bits per heavy atom. The summed E-state index contributed by atoms with van der Waals surface area (Å²) < 4.78 is 14.3. The molecule has 6 heteroatoms. The molecule has 0 aliphatic carbocycles. The van der Waals surface area contributed by atoms with Crippen LogP contribution in [-0.2, 0) is 24.1 Å². The SMILES string of the molecule is O=C(O)Cc1ccc(F)c(CCN[C@H](c2ccccc2)[C@H]2CNc3cccnc3C2)c1. The molecule has 0 saturated carbocycles. The maximum Gasteiger partial charge on any atom is 0.307 e. The largest absolute Gasteiger partial charge is 0.481 e. The molecule has 3 N–H and O–H groups in total. The van der Waals surface area contributed by atoms with Crippen LogP contribution in [0.4, 0.5) is 10.1 Å². The number of benzene rings is 2.